The van der Waals surface area contributed by atoms with Crippen LogP contribution >= 0.6 is 0 Å². The summed E-state index contributed by atoms with van der Waals surface area (Å²) in [5, 5.41) is 12.1. The van der Waals surface area contributed by atoms with E-state index in [1.807, 2.05) is 31.3 Å². The van der Waals surface area contributed by atoms with Crippen LogP contribution in [0, 0.1) is 0 Å². The van der Waals surface area contributed by atoms with Gasteiger partial charge in [-0.15, -0.1) is 0 Å². The number of nitrogens with zero attached hydrogens (tertiary/aromatic N) is 2. The molecule has 0 aliphatic rings. The van der Waals surface area contributed by atoms with Crippen LogP contribution < -0.4 is 10.2 Å². The fourth-order valence-electron chi connectivity index (χ4n) is 1.37. The first-order valence-corrected chi connectivity index (χ1v) is 5.60. The van der Waals surface area contributed by atoms with E-state index in [-0.39, 0.29) is 6.61 Å². The van der Waals surface area contributed by atoms with Crippen LogP contribution in [0.25, 0.3) is 0 Å². The van der Waals surface area contributed by atoms with Crippen LogP contribution in [0.1, 0.15) is 18.9 Å². The molecular weight excluding hydrogens is 202 g/mol. The molecule has 0 saturated carbocycles. The van der Waals surface area contributed by atoms with E-state index in [4.69, 9.17) is 5.11 Å². The highest BCUT2D eigenvalue weighted by Crippen LogP contribution is 2.07. The van der Waals surface area contributed by atoms with Crippen molar-refractivity contribution in [1.82, 2.24) is 10.3 Å². The molecule has 1 atom stereocenters. The highest BCUT2D eigenvalue weighted by molar-refractivity contribution is 5.37. The zero-order valence-electron chi connectivity index (χ0n) is 10.3. The van der Waals surface area contributed by atoms with E-state index >= 15 is 0 Å². The smallest absolute Gasteiger partial charge is 0.127 e. The van der Waals surface area contributed by atoms with Gasteiger partial charge >= 0.3 is 0 Å². The second-order valence-electron chi connectivity index (χ2n) is 4.21. The minimum Gasteiger partial charge on any atom is -0.396 e. The number of rotatable bonds is 6. The van der Waals surface area contributed by atoms with E-state index in [1.54, 1.807) is 0 Å². The number of anilines is 1. The molecule has 0 amide bonds. The Kier molecular flexibility index (Phi) is 5.22. The molecule has 16 heavy (non-hydrogen) atoms. The third-order valence-electron chi connectivity index (χ3n) is 2.48. The molecule has 1 aromatic heterocycles. The molecule has 2 N–H and O–H groups in total. The van der Waals surface area contributed by atoms with Crippen molar-refractivity contribution >= 4 is 5.82 Å². The zero-order valence-corrected chi connectivity index (χ0v) is 10.3. The third-order valence-corrected chi connectivity index (χ3v) is 2.48. The van der Waals surface area contributed by atoms with Gasteiger partial charge in [-0.1, -0.05) is 6.07 Å². The lowest BCUT2D eigenvalue weighted by Gasteiger charge is -2.14. The molecule has 0 bridgehead atoms. The van der Waals surface area contributed by atoms with E-state index in [9.17, 15) is 0 Å². The van der Waals surface area contributed by atoms with Crippen molar-refractivity contribution in [3.05, 3.63) is 23.9 Å². The van der Waals surface area contributed by atoms with Gasteiger partial charge in [0.15, 0.2) is 0 Å². The van der Waals surface area contributed by atoms with Gasteiger partial charge in [0.1, 0.15) is 5.82 Å². The van der Waals surface area contributed by atoms with Gasteiger partial charge in [0.05, 0.1) is 0 Å². The predicted molar refractivity (Wildman–Crippen MR) is 66.6 cm³/mol. The summed E-state index contributed by atoms with van der Waals surface area (Å²) in [5.74, 6) is 0.965. The summed E-state index contributed by atoms with van der Waals surface area (Å²) in [5.41, 5.74) is 1.16. The maximum atomic E-state index is 8.77. The second kappa shape index (κ2) is 6.45. The molecular formula is C12H21N3O. The monoisotopic (exact) mass is 223 g/mol. The molecule has 0 aliphatic carbocycles. The Morgan fingerprint density at radius 2 is 2.19 bits per heavy atom. The minimum absolute atomic E-state index is 0.228. The molecule has 1 aromatic rings. The van der Waals surface area contributed by atoms with Crippen LogP contribution in [0.2, 0.25) is 0 Å². The first kappa shape index (κ1) is 12.9. The number of pyridine rings is 1. The molecule has 4 nitrogen and oxygen atoms in total. The fraction of sp³-hybridized carbons (Fsp3) is 0.583. The normalized spacial score (nSPS) is 12.5. The topological polar surface area (TPSA) is 48.4 Å². The van der Waals surface area contributed by atoms with Crippen molar-refractivity contribution in [2.75, 3.05) is 25.6 Å². The molecule has 0 spiro atoms. The van der Waals surface area contributed by atoms with E-state index in [0.717, 1.165) is 24.3 Å². The Bertz CT molecular complexity index is 298. The summed E-state index contributed by atoms with van der Waals surface area (Å²) in [6.07, 6.45) is 2.66. The van der Waals surface area contributed by atoms with Gasteiger partial charge in [-0.2, -0.15) is 0 Å². The highest BCUT2D eigenvalue weighted by Gasteiger charge is 2.01. The number of hydrogen-bond donors (Lipinski definition) is 2. The van der Waals surface area contributed by atoms with Crippen molar-refractivity contribution in [3.8, 4) is 0 Å². The van der Waals surface area contributed by atoms with Gasteiger partial charge in [0.25, 0.3) is 0 Å². The minimum atomic E-state index is 0.228. The highest BCUT2D eigenvalue weighted by atomic mass is 16.3. The molecule has 0 aromatic carbocycles. The van der Waals surface area contributed by atoms with Crippen LogP contribution in [0.3, 0.4) is 0 Å². The Balaban J connectivity index is 2.43. The second-order valence-corrected chi connectivity index (χ2v) is 4.21. The molecule has 0 radical (unpaired) electrons. The van der Waals surface area contributed by atoms with E-state index < -0.39 is 0 Å². The summed E-state index contributed by atoms with van der Waals surface area (Å²) < 4.78 is 0. The molecule has 0 saturated heterocycles. The molecule has 90 valence electrons. The number of hydrogen-bond acceptors (Lipinski definition) is 4. The number of aromatic nitrogens is 1. The largest absolute Gasteiger partial charge is 0.396 e. The van der Waals surface area contributed by atoms with E-state index in [1.165, 1.54) is 0 Å². The standard InChI is InChI=1S/C12H21N3O/c1-10(6-7-16)13-8-11-4-5-12(14-9-11)15(2)3/h4-5,9-10,13,16H,6-8H2,1-3H3/t10-/m1/s1. The SMILES string of the molecule is C[C@H](CCO)NCc1ccc(N(C)C)nc1. The van der Waals surface area contributed by atoms with Crippen molar-refractivity contribution < 1.29 is 5.11 Å². The number of aliphatic hydroxyl groups is 1. The Hall–Kier alpha value is -1.13. The molecule has 1 rings (SSSR count). The predicted octanol–water partition coefficient (Wildman–Crippen LogP) is 1.01. The lowest BCUT2D eigenvalue weighted by atomic mass is 10.2. The average molecular weight is 223 g/mol. The summed E-state index contributed by atoms with van der Waals surface area (Å²) in [6.45, 7) is 3.09. The molecule has 0 unspecified atom stereocenters. The average Bonchev–Trinajstić information content (AvgIpc) is 2.27. The zero-order chi connectivity index (χ0) is 12.0. The van der Waals surface area contributed by atoms with Crippen LogP contribution in [-0.4, -0.2) is 36.8 Å². The van der Waals surface area contributed by atoms with Crippen molar-refractivity contribution in [1.29, 1.82) is 0 Å². The Labute approximate surface area is 97.3 Å². The van der Waals surface area contributed by atoms with Crippen LogP contribution in [0.4, 0.5) is 5.82 Å². The van der Waals surface area contributed by atoms with Crippen LogP contribution in [-0.2, 0) is 6.54 Å². The lowest BCUT2D eigenvalue weighted by molar-refractivity contribution is 0.268. The molecule has 1 heterocycles. The number of aliphatic hydroxyl groups excluding tert-OH is 1. The van der Waals surface area contributed by atoms with Gasteiger partial charge in [-0.25, -0.2) is 4.98 Å². The maximum absolute atomic E-state index is 8.77. The van der Waals surface area contributed by atoms with Crippen LogP contribution in [0.5, 0.6) is 0 Å². The summed E-state index contributed by atoms with van der Waals surface area (Å²) >= 11 is 0. The Morgan fingerprint density at radius 1 is 1.44 bits per heavy atom. The van der Waals surface area contributed by atoms with Crippen molar-refractivity contribution in [2.45, 2.75) is 25.9 Å². The Morgan fingerprint density at radius 3 is 2.69 bits per heavy atom. The third kappa shape index (κ3) is 4.16. The van der Waals surface area contributed by atoms with Gasteiger partial charge in [-0.05, 0) is 25.0 Å². The van der Waals surface area contributed by atoms with E-state index in [2.05, 4.69) is 23.3 Å². The first-order valence-electron chi connectivity index (χ1n) is 5.60. The van der Waals surface area contributed by atoms with E-state index in [0.29, 0.717) is 6.04 Å². The van der Waals surface area contributed by atoms with Crippen LogP contribution in [0.15, 0.2) is 18.3 Å². The first-order chi connectivity index (χ1) is 7.63. The molecule has 0 fully saturated rings. The summed E-state index contributed by atoms with van der Waals surface area (Å²) in [6, 6.07) is 4.41. The summed E-state index contributed by atoms with van der Waals surface area (Å²) in [7, 11) is 3.95. The molecule has 0 aliphatic heterocycles. The fourth-order valence-corrected chi connectivity index (χ4v) is 1.37. The maximum Gasteiger partial charge on any atom is 0.127 e. The van der Waals surface area contributed by atoms with Gasteiger partial charge in [-0.3, -0.25) is 0 Å². The lowest BCUT2D eigenvalue weighted by Crippen LogP contribution is -2.26. The summed E-state index contributed by atoms with van der Waals surface area (Å²) in [4.78, 5) is 6.32. The quantitative estimate of drug-likeness (QED) is 0.755. The molecule has 4 heteroatoms. The number of nitrogens with one attached hydrogen (secondary N) is 1. The van der Waals surface area contributed by atoms with Gasteiger partial charge < -0.3 is 15.3 Å². The van der Waals surface area contributed by atoms with Gasteiger partial charge in [0.2, 0.25) is 0 Å². The van der Waals surface area contributed by atoms with Crippen molar-refractivity contribution in [3.63, 3.8) is 0 Å². The van der Waals surface area contributed by atoms with Gasteiger partial charge in [0, 0.05) is 39.5 Å². The van der Waals surface area contributed by atoms with Crippen molar-refractivity contribution in [2.24, 2.45) is 0 Å².